The van der Waals surface area contributed by atoms with Crippen molar-refractivity contribution in [2.24, 2.45) is 5.92 Å². The zero-order chi connectivity index (χ0) is 25.3. The van der Waals surface area contributed by atoms with E-state index in [1.54, 1.807) is 38.1 Å². The highest BCUT2D eigenvalue weighted by molar-refractivity contribution is 5.97. The molecule has 0 aromatic heterocycles. The first-order valence-electron chi connectivity index (χ1n) is 10.8. The molecule has 0 spiro atoms. The molecule has 2 rings (SSSR count). The summed E-state index contributed by atoms with van der Waals surface area (Å²) in [6.45, 7) is 5.49. The largest absolute Gasteiger partial charge is 0.494 e. The summed E-state index contributed by atoms with van der Waals surface area (Å²) >= 11 is 0. The molecule has 2 unspecified atom stereocenters. The molecule has 0 fully saturated rings. The Hall–Kier alpha value is -3.27. The molecular formula is C24H29F3N2O5. The predicted molar refractivity (Wildman–Crippen MR) is 120 cm³/mol. The van der Waals surface area contributed by atoms with Gasteiger partial charge in [0, 0.05) is 12.1 Å². The van der Waals surface area contributed by atoms with E-state index in [1.807, 2.05) is 6.92 Å². The second-order valence-corrected chi connectivity index (χ2v) is 7.88. The second-order valence-electron chi connectivity index (χ2n) is 7.88. The van der Waals surface area contributed by atoms with Crippen molar-refractivity contribution in [2.45, 2.75) is 39.1 Å². The van der Waals surface area contributed by atoms with Gasteiger partial charge in [-0.25, -0.2) is 0 Å². The summed E-state index contributed by atoms with van der Waals surface area (Å²) < 4.78 is 48.4. The molecule has 0 aliphatic carbocycles. The minimum Gasteiger partial charge on any atom is -0.494 e. The number of ether oxygens (including phenoxy) is 2. The fourth-order valence-electron chi connectivity index (χ4n) is 2.95. The average molecular weight is 482 g/mol. The standard InChI is InChI=1S/C24H29F3N2O5/c1-4-33-19-9-5-16(6-10-19)22(31)29-21(15(2)3)23(32)28-13-18(30)14-34-20-11-7-17(8-12-20)24(25,26)27/h5-12,15,18,21,30H,4,13-14H2,1-3H3,(H,28,32)(H,29,31). The third-order valence-corrected chi connectivity index (χ3v) is 4.80. The van der Waals surface area contributed by atoms with Crippen LogP contribution in [0.5, 0.6) is 11.5 Å². The van der Waals surface area contributed by atoms with Gasteiger partial charge >= 0.3 is 6.18 Å². The summed E-state index contributed by atoms with van der Waals surface area (Å²) in [5, 5.41) is 15.3. The molecule has 3 N–H and O–H groups in total. The number of rotatable bonds is 11. The van der Waals surface area contributed by atoms with E-state index in [0.29, 0.717) is 17.9 Å². The van der Waals surface area contributed by atoms with Crippen LogP contribution in [0.15, 0.2) is 48.5 Å². The van der Waals surface area contributed by atoms with Gasteiger partial charge in [0.25, 0.3) is 5.91 Å². The lowest BCUT2D eigenvalue weighted by molar-refractivity contribution is -0.137. The highest BCUT2D eigenvalue weighted by Crippen LogP contribution is 2.30. The molecule has 2 aromatic rings. The maximum Gasteiger partial charge on any atom is 0.416 e. The number of aliphatic hydroxyl groups excluding tert-OH is 1. The molecule has 7 nitrogen and oxygen atoms in total. The van der Waals surface area contributed by atoms with Gasteiger partial charge in [-0.15, -0.1) is 0 Å². The van der Waals surface area contributed by atoms with Gasteiger partial charge in [0.1, 0.15) is 30.3 Å². The van der Waals surface area contributed by atoms with Gasteiger partial charge in [0.15, 0.2) is 0 Å². The normalized spacial score (nSPS) is 13.2. The number of halogens is 3. The van der Waals surface area contributed by atoms with Crippen molar-refractivity contribution in [3.8, 4) is 11.5 Å². The van der Waals surface area contributed by atoms with Crippen molar-refractivity contribution in [2.75, 3.05) is 19.8 Å². The zero-order valence-electron chi connectivity index (χ0n) is 19.2. The van der Waals surface area contributed by atoms with Gasteiger partial charge in [-0.2, -0.15) is 13.2 Å². The lowest BCUT2D eigenvalue weighted by Crippen LogP contribution is -2.51. The van der Waals surface area contributed by atoms with Crippen molar-refractivity contribution in [1.29, 1.82) is 0 Å². The topological polar surface area (TPSA) is 96.9 Å². The quantitative estimate of drug-likeness (QED) is 0.456. The maximum absolute atomic E-state index is 12.6. The van der Waals surface area contributed by atoms with Crippen LogP contribution in [0.25, 0.3) is 0 Å². The number of nitrogens with one attached hydrogen (secondary N) is 2. The van der Waals surface area contributed by atoms with Crippen LogP contribution in [0.4, 0.5) is 13.2 Å². The summed E-state index contributed by atoms with van der Waals surface area (Å²) in [5.74, 6) is -0.358. The van der Waals surface area contributed by atoms with E-state index in [1.165, 1.54) is 0 Å². The van der Waals surface area contributed by atoms with Crippen molar-refractivity contribution in [1.82, 2.24) is 10.6 Å². The van der Waals surface area contributed by atoms with E-state index in [-0.39, 0.29) is 24.8 Å². The Bertz CT molecular complexity index is 931. The molecule has 0 saturated heterocycles. The number of amides is 2. The highest BCUT2D eigenvalue weighted by atomic mass is 19.4. The summed E-state index contributed by atoms with van der Waals surface area (Å²) in [5.41, 5.74) is -0.438. The Morgan fingerprint density at radius 3 is 2.06 bits per heavy atom. The van der Waals surface area contributed by atoms with Crippen molar-refractivity contribution >= 4 is 11.8 Å². The number of carbonyl (C=O) groups is 2. The average Bonchev–Trinajstić information content (AvgIpc) is 2.79. The number of carbonyl (C=O) groups excluding carboxylic acids is 2. The molecular weight excluding hydrogens is 453 g/mol. The number of benzene rings is 2. The van der Waals surface area contributed by atoms with E-state index < -0.39 is 35.7 Å². The number of aliphatic hydroxyl groups is 1. The molecule has 0 radical (unpaired) electrons. The molecule has 2 aromatic carbocycles. The fourth-order valence-corrected chi connectivity index (χ4v) is 2.95. The van der Waals surface area contributed by atoms with E-state index in [4.69, 9.17) is 9.47 Å². The van der Waals surface area contributed by atoms with Gasteiger partial charge < -0.3 is 25.2 Å². The zero-order valence-corrected chi connectivity index (χ0v) is 19.2. The van der Waals surface area contributed by atoms with Crippen molar-refractivity contribution < 1.29 is 37.3 Å². The number of alkyl halides is 3. The summed E-state index contributed by atoms with van der Waals surface area (Å²) in [7, 11) is 0. The molecule has 34 heavy (non-hydrogen) atoms. The lowest BCUT2D eigenvalue weighted by atomic mass is 10.0. The van der Waals surface area contributed by atoms with Crippen LogP contribution >= 0.6 is 0 Å². The molecule has 2 atom stereocenters. The monoisotopic (exact) mass is 482 g/mol. The van der Waals surface area contributed by atoms with Crippen LogP contribution in [0.3, 0.4) is 0 Å². The first-order valence-corrected chi connectivity index (χ1v) is 10.8. The smallest absolute Gasteiger partial charge is 0.416 e. The van der Waals surface area contributed by atoms with E-state index >= 15 is 0 Å². The highest BCUT2D eigenvalue weighted by Gasteiger charge is 2.30. The Kier molecular flexibility index (Phi) is 9.73. The Morgan fingerprint density at radius 1 is 0.971 bits per heavy atom. The molecule has 0 aliphatic heterocycles. The minimum atomic E-state index is -4.45. The molecule has 2 amide bonds. The van der Waals surface area contributed by atoms with E-state index in [9.17, 15) is 27.9 Å². The Labute approximate surface area is 196 Å². The van der Waals surface area contributed by atoms with Crippen LogP contribution in [0.1, 0.15) is 36.7 Å². The lowest BCUT2D eigenvalue weighted by Gasteiger charge is -2.23. The SMILES string of the molecule is CCOc1ccc(C(=O)NC(C(=O)NCC(O)COc2ccc(C(F)(F)F)cc2)C(C)C)cc1. The summed E-state index contributed by atoms with van der Waals surface area (Å²) in [6, 6.07) is 9.73. The number of hydrogen-bond acceptors (Lipinski definition) is 5. The van der Waals surface area contributed by atoms with Crippen molar-refractivity contribution in [3.63, 3.8) is 0 Å². The minimum absolute atomic E-state index is 0.154. The van der Waals surface area contributed by atoms with Crippen LogP contribution in [0.2, 0.25) is 0 Å². The molecule has 186 valence electrons. The fraction of sp³-hybridized carbons (Fsp3) is 0.417. The van der Waals surface area contributed by atoms with Crippen LogP contribution in [-0.4, -0.2) is 48.8 Å². The van der Waals surface area contributed by atoms with Gasteiger partial charge in [-0.05, 0) is 61.4 Å². The summed E-state index contributed by atoms with van der Waals surface area (Å²) in [6.07, 6.45) is -5.56. The van der Waals surface area contributed by atoms with Crippen molar-refractivity contribution in [3.05, 3.63) is 59.7 Å². The predicted octanol–water partition coefficient (Wildman–Crippen LogP) is 3.41. The molecule has 0 saturated carbocycles. The van der Waals surface area contributed by atoms with Crippen LogP contribution in [-0.2, 0) is 11.0 Å². The first kappa shape index (κ1) is 27.0. The molecule has 0 aliphatic rings. The third kappa shape index (κ3) is 8.26. The van der Waals surface area contributed by atoms with E-state index in [2.05, 4.69) is 10.6 Å². The van der Waals surface area contributed by atoms with Gasteiger partial charge in [0.2, 0.25) is 5.91 Å². The molecule has 0 bridgehead atoms. The molecule has 10 heteroatoms. The molecule has 0 heterocycles. The van der Waals surface area contributed by atoms with E-state index in [0.717, 1.165) is 24.3 Å². The van der Waals surface area contributed by atoms with Gasteiger partial charge in [-0.1, -0.05) is 13.8 Å². The van der Waals surface area contributed by atoms with Crippen LogP contribution in [0, 0.1) is 5.92 Å². The van der Waals surface area contributed by atoms with Crippen LogP contribution < -0.4 is 20.1 Å². The van der Waals surface area contributed by atoms with Gasteiger partial charge in [-0.3, -0.25) is 9.59 Å². The third-order valence-electron chi connectivity index (χ3n) is 4.80. The maximum atomic E-state index is 12.6. The summed E-state index contributed by atoms with van der Waals surface area (Å²) in [4.78, 5) is 25.1. The Morgan fingerprint density at radius 2 is 1.53 bits per heavy atom. The number of hydrogen-bond donors (Lipinski definition) is 3. The Balaban J connectivity index is 1.84. The second kappa shape index (κ2) is 12.3. The van der Waals surface area contributed by atoms with Gasteiger partial charge in [0.05, 0.1) is 12.2 Å². The first-order chi connectivity index (χ1) is 16.0.